The highest BCUT2D eigenvalue weighted by atomic mass is 35.5. The molecule has 0 bridgehead atoms. The normalized spacial score (nSPS) is 17.2. The van der Waals surface area contributed by atoms with Gasteiger partial charge in [0, 0.05) is 38.7 Å². The first-order valence-electron chi connectivity index (χ1n) is 8.41. The van der Waals surface area contributed by atoms with Crippen molar-refractivity contribution in [2.45, 2.75) is 19.3 Å². The van der Waals surface area contributed by atoms with Crippen molar-refractivity contribution in [2.75, 3.05) is 31.2 Å². The number of anilines is 1. The van der Waals surface area contributed by atoms with Crippen LogP contribution >= 0.6 is 20.6 Å². The number of carboxylic acids is 1. The molecule has 0 spiro atoms. The van der Waals surface area contributed by atoms with Gasteiger partial charge in [0.1, 0.15) is 19.0 Å². The first-order valence-corrected chi connectivity index (χ1v) is 9.94. The van der Waals surface area contributed by atoms with E-state index >= 15 is 0 Å². The van der Waals surface area contributed by atoms with Crippen LogP contribution in [0.4, 0.5) is 5.69 Å². The van der Waals surface area contributed by atoms with Gasteiger partial charge in [0.25, 0.3) is 0 Å². The largest absolute Gasteiger partial charge is 0.570 e. The van der Waals surface area contributed by atoms with E-state index in [0.717, 1.165) is 22.5 Å². The topological polar surface area (TPSA) is 117 Å². The number of benzene rings is 1. The predicted octanol–water partition coefficient (Wildman–Crippen LogP) is 1.92. The van der Waals surface area contributed by atoms with Crippen LogP contribution in [-0.2, 0) is 27.3 Å². The molecule has 0 amide bonds. The van der Waals surface area contributed by atoms with E-state index in [9.17, 15) is 14.6 Å². The zero-order chi connectivity index (χ0) is 18.7. The highest BCUT2D eigenvalue weighted by Crippen LogP contribution is 2.52. The van der Waals surface area contributed by atoms with Crippen LogP contribution in [0.5, 0.6) is 0 Å². The van der Waals surface area contributed by atoms with Gasteiger partial charge in [0.2, 0.25) is 0 Å². The van der Waals surface area contributed by atoms with Crippen LogP contribution in [0.15, 0.2) is 18.2 Å². The number of halogens is 1. The van der Waals surface area contributed by atoms with E-state index < -0.39 is 14.1 Å². The van der Waals surface area contributed by atoms with Crippen LogP contribution in [0.1, 0.15) is 18.7 Å². The molecule has 1 fully saturated rings. The van der Waals surface area contributed by atoms with E-state index in [1.165, 1.54) is 0 Å². The summed E-state index contributed by atoms with van der Waals surface area (Å²) in [4.78, 5) is 36.3. The Morgan fingerprint density at radius 3 is 2.56 bits per heavy atom. The van der Waals surface area contributed by atoms with Crippen molar-refractivity contribution in [2.24, 2.45) is 7.05 Å². The molecule has 0 saturated carbocycles. The highest BCUT2D eigenvalue weighted by Gasteiger charge is 2.40. The lowest BCUT2D eigenvalue weighted by Crippen LogP contribution is -2.33. The molecule has 2 heterocycles. The van der Waals surface area contributed by atoms with Crippen LogP contribution in [0.2, 0.25) is 0 Å². The number of hydrogen-bond donors (Lipinski definition) is 3. The van der Waals surface area contributed by atoms with Gasteiger partial charge in [-0.25, -0.2) is 4.98 Å². The van der Waals surface area contributed by atoms with Gasteiger partial charge in [0.15, 0.2) is 0 Å². The number of rotatable bonds is 5. The monoisotopic (exact) mass is 420 g/mol. The molecule has 1 aromatic heterocycles. The van der Waals surface area contributed by atoms with Gasteiger partial charge in [-0.15, -0.1) is 12.4 Å². The van der Waals surface area contributed by atoms with Gasteiger partial charge in [-0.2, -0.15) is 18.8 Å². The van der Waals surface area contributed by atoms with E-state index in [1.807, 2.05) is 34.7 Å². The molecule has 0 radical (unpaired) electrons. The number of aryl methyl sites for hydroxylation is 2. The number of hydrogen-bond acceptors (Lipinski definition) is 7. The fourth-order valence-corrected chi connectivity index (χ4v) is 3.72. The summed E-state index contributed by atoms with van der Waals surface area (Å²) in [6.45, 7) is 1.33. The minimum atomic E-state index is -3.67. The second kappa shape index (κ2) is 9.14. The summed E-state index contributed by atoms with van der Waals surface area (Å²) in [5.41, 5.74) is 2.77. The molecule has 0 atom stereocenters. The second-order valence-electron chi connectivity index (χ2n) is 6.15. The molecule has 1 aromatic carbocycles. The van der Waals surface area contributed by atoms with Crippen LogP contribution < -0.4 is 4.90 Å². The number of aliphatic carboxylic acids is 1. The molecule has 150 valence electrons. The quantitative estimate of drug-likeness (QED) is 0.628. The summed E-state index contributed by atoms with van der Waals surface area (Å²) >= 11 is 0. The van der Waals surface area contributed by atoms with E-state index in [0.29, 0.717) is 25.9 Å². The SMILES string of the molecule is Cl.Cn1c(CCCC(=O)O)nc2cc(N3CCO[P+](O)(O)OCC3)ccc21. The van der Waals surface area contributed by atoms with E-state index in [4.69, 9.17) is 14.2 Å². The molecule has 1 aliphatic rings. The summed E-state index contributed by atoms with van der Waals surface area (Å²) < 4.78 is 12.0. The van der Waals surface area contributed by atoms with Gasteiger partial charge in [-0.1, -0.05) is 0 Å². The molecular weight excluding hydrogens is 397 g/mol. The Balaban J connectivity index is 0.00000261. The van der Waals surface area contributed by atoms with Crippen molar-refractivity contribution in [3.8, 4) is 0 Å². The smallest absolute Gasteiger partial charge is 0.481 e. The van der Waals surface area contributed by atoms with Gasteiger partial charge < -0.3 is 14.6 Å². The first kappa shape index (κ1) is 21.8. The summed E-state index contributed by atoms with van der Waals surface area (Å²) in [6.07, 6.45) is 1.28. The number of carboxylic acid groups (broad SMARTS) is 1. The average Bonchev–Trinajstić information content (AvgIpc) is 2.87. The van der Waals surface area contributed by atoms with Crippen molar-refractivity contribution in [1.29, 1.82) is 0 Å². The molecule has 1 aliphatic heterocycles. The van der Waals surface area contributed by atoms with Crippen LogP contribution in [0, 0.1) is 0 Å². The maximum atomic E-state index is 10.7. The lowest BCUT2D eigenvalue weighted by atomic mass is 10.2. The van der Waals surface area contributed by atoms with Gasteiger partial charge >= 0.3 is 14.1 Å². The number of carbonyl (C=O) groups is 1. The Bertz CT molecular complexity index is 788. The van der Waals surface area contributed by atoms with Gasteiger partial charge in [-0.3, -0.25) is 4.79 Å². The molecule has 3 N–H and O–H groups in total. The number of nitrogens with zero attached hydrogens (tertiary/aromatic N) is 3. The molecule has 27 heavy (non-hydrogen) atoms. The van der Waals surface area contributed by atoms with Crippen molar-refractivity contribution >= 4 is 43.3 Å². The standard InChI is InChI=1S/C16H22N3O6P.ClH/c1-18-14-6-5-12(19-7-9-24-26(22,23)25-10-8-19)11-13(14)17-15(18)3-2-4-16(20)21;/h5-6,11,22-23H,2-4,7-10H2,1H3;1H/p+1. The summed E-state index contributed by atoms with van der Waals surface area (Å²) in [5, 5.41) is 8.77. The maximum absolute atomic E-state index is 10.7. The van der Waals surface area contributed by atoms with E-state index in [2.05, 4.69) is 4.98 Å². The second-order valence-corrected chi connectivity index (χ2v) is 7.65. The fourth-order valence-electron chi connectivity index (χ4n) is 3.00. The zero-order valence-corrected chi connectivity index (χ0v) is 16.7. The van der Waals surface area contributed by atoms with Crippen molar-refractivity contribution in [3.05, 3.63) is 24.0 Å². The van der Waals surface area contributed by atoms with Crippen molar-refractivity contribution in [3.63, 3.8) is 0 Å². The Morgan fingerprint density at radius 2 is 1.93 bits per heavy atom. The molecule has 9 nitrogen and oxygen atoms in total. The lowest BCUT2D eigenvalue weighted by molar-refractivity contribution is -0.137. The highest BCUT2D eigenvalue weighted by molar-refractivity contribution is 7.54. The molecule has 3 rings (SSSR count). The minimum Gasteiger partial charge on any atom is -0.481 e. The number of imidazole rings is 1. The fraction of sp³-hybridized carbons (Fsp3) is 0.500. The Kier molecular flexibility index (Phi) is 7.39. The Morgan fingerprint density at radius 1 is 1.26 bits per heavy atom. The summed E-state index contributed by atoms with van der Waals surface area (Å²) in [7, 11) is -1.75. The van der Waals surface area contributed by atoms with Crippen LogP contribution in [0.25, 0.3) is 11.0 Å². The molecule has 11 heteroatoms. The first-order chi connectivity index (χ1) is 12.4. The van der Waals surface area contributed by atoms with Crippen molar-refractivity contribution < 1.29 is 28.7 Å². The zero-order valence-electron chi connectivity index (χ0n) is 14.9. The van der Waals surface area contributed by atoms with Gasteiger partial charge in [-0.05, 0) is 24.6 Å². The third-order valence-corrected chi connectivity index (χ3v) is 5.39. The molecule has 0 unspecified atom stereocenters. The third-order valence-electron chi connectivity index (χ3n) is 4.35. The number of aromatic nitrogens is 2. The van der Waals surface area contributed by atoms with E-state index in [1.54, 1.807) is 0 Å². The maximum Gasteiger partial charge on any atom is 0.570 e. The third kappa shape index (κ3) is 5.51. The Labute approximate surface area is 163 Å². The van der Waals surface area contributed by atoms with E-state index in [-0.39, 0.29) is 32.0 Å². The lowest BCUT2D eigenvalue weighted by Gasteiger charge is -2.26. The Hall–Kier alpha value is -1.48. The molecule has 2 aromatic rings. The summed E-state index contributed by atoms with van der Waals surface area (Å²) in [6, 6.07) is 5.93. The van der Waals surface area contributed by atoms with Crippen molar-refractivity contribution in [1.82, 2.24) is 9.55 Å². The van der Waals surface area contributed by atoms with Crippen LogP contribution in [0.3, 0.4) is 0 Å². The average molecular weight is 421 g/mol. The molecule has 0 aliphatic carbocycles. The number of fused-ring (bicyclic) bond motifs is 1. The van der Waals surface area contributed by atoms with Gasteiger partial charge in [0.05, 0.1) is 11.0 Å². The predicted molar refractivity (Wildman–Crippen MR) is 104 cm³/mol. The van der Waals surface area contributed by atoms with Crippen LogP contribution in [-0.4, -0.2) is 56.7 Å². The molecule has 1 saturated heterocycles. The molecular formula is C16H24ClN3O6P+. The minimum absolute atomic E-state index is 0. The summed E-state index contributed by atoms with van der Waals surface area (Å²) in [5.74, 6) is 0.0534.